The zero-order valence-electron chi connectivity index (χ0n) is 39.6. The van der Waals surface area contributed by atoms with Crippen molar-refractivity contribution in [1.29, 1.82) is 0 Å². The summed E-state index contributed by atoms with van der Waals surface area (Å²) in [7, 11) is 0. The highest BCUT2D eigenvalue weighted by Gasteiger charge is 2.47. The van der Waals surface area contributed by atoms with Crippen molar-refractivity contribution in [3.63, 3.8) is 0 Å². The second kappa shape index (κ2) is 41.6. The molecule has 0 bridgehead atoms. The first-order valence-corrected chi connectivity index (χ1v) is 25.7. The van der Waals surface area contributed by atoms with Crippen molar-refractivity contribution < 1.29 is 53.8 Å². The van der Waals surface area contributed by atoms with E-state index in [1.165, 1.54) is 167 Å². The Bertz CT molecular complexity index is 1080. The van der Waals surface area contributed by atoms with Crippen LogP contribution in [0.15, 0.2) is 12.2 Å². The maximum Gasteiger partial charge on any atom is 0.335 e. The van der Waals surface area contributed by atoms with E-state index in [2.05, 4.69) is 26.0 Å². The van der Waals surface area contributed by atoms with E-state index >= 15 is 0 Å². The lowest BCUT2D eigenvalue weighted by atomic mass is 9.99. The molecular formula is C51H94O11. The van der Waals surface area contributed by atoms with Gasteiger partial charge in [0.1, 0.15) is 24.9 Å². The van der Waals surface area contributed by atoms with Crippen LogP contribution in [0.3, 0.4) is 0 Å². The molecule has 0 radical (unpaired) electrons. The number of unbranched alkanes of at least 4 members (excludes halogenated alkanes) is 31. The van der Waals surface area contributed by atoms with Crippen LogP contribution in [0, 0.1) is 0 Å². The molecule has 0 saturated carbocycles. The average molecular weight is 883 g/mol. The van der Waals surface area contributed by atoms with E-state index in [-0.39, 0.29) is 26.1 Å². The number of allylic oxidation sites excluding steroid dienone is 2. The standard InChI is InChI=1S/C51H94O11/c1-3-5-7-9-11-13-15-17-19-21-22-24-25-27-29-31-33-35-37-39-44(52)59-41-43(42-60-51-48(56)46(54)47(55)49(62-51)50(57)58)61-45(53)40-38-36-34-32-30-28-26-23-20-18-16-14-12-10-8-6-4-2/h17,19,43,46-49,51,54-56H,3-16,18,20-42H2,1-2H3,(H,57,58)/b19-17-. The highest BCUT2D eigenvalue weighted by atomic mass is 16.7. The lowest BCUT2D eigenvalue weighted by molar-refractivity contribution is -0.298. The Morgan fingerprint density at radius 1 is 0.484 bits per heavy atom. The zero-order chi connectivity index (χ0) is 45.3. The van der Waals surface area contributed by atoms with Gasteiger partial charge in [-0.05, 0) is 38.5 Å². The monoisotopic (exact) mass is 883 g/mol. The minimum atomic E-state index is -1.86. The number of rotatable bonds is 44. The van der Waals surface area contributed by atoms with Gasteiger partial charge < -0.3 is 39.4 Å². The fraction of sp³-hybridized carbons (Fsp3) is 0.902. The second-order valence-electron chi connectivity index (χ2n) is 18.0. The van der Waals surface area contributed by atoms with Crippen molar-refractivity contribution in [3.8, 4) is 0 Å². The molecule has 0 spiro atoms. The number of carbonyl (C=O) groups excluding carboxylic acids is 2. The second-order valence-corrected chi connectivity index (χ2v) is 18.0. The summed E-state index contributed by atoms with van der Waals surface area (Å²) < 4.78 is 21.8. The van der Waals surface area contributed by atoms with Crippen molar-refractivity contribution in [2.45, 2.75) is 282 Å². The van der Waals surface area contributed by atoms with Crippen molar-refractivity contribution in [3.05, 3.63) is 12.2 Å². The Labute approximate surface area is 377 Å². The maximum absolute atomic E-state index is 12.8. The molecule has 6 unspecified atom stereocenters. The summed E-state index contributed by atoms with van der Waals surface area (Å²) in [5, 5.41) is 39.9. The molecule has 1 saturated heterocycles. The highest BCUT2D eigenvalue weighted by molar-refractivity contribution is 5.73. The molecule has 0 aromatic rings. The van der Waals surface area contributed by atoms with Crippen LogP contribution in [0.1, 0.15) is 245 Å². The molecule has 0 aliphatic carbocycles. The Morgan fingerprint density at radius 2 is 0.855 bits per heavy atom. The van der Waals surface area contributed by atoms with Crippen molar-refractivity contribution in [2.24, 2.45) is 0 Å². The molecule has 0 aromatic carbocycles. The van der Waals surface area contributed by atoms with E-state index in [4.69, 9.17) is 18.9 Å². The molecule has 1 aliphatic rings. The Hall–Kier alpha value is -2.05. The molecule has 1 rings (SSSR count). The molecule has 1 aliphatic heterocycles. The SMILES string of the molecule is CCCCCCCC/C=C\CCCCCCCCCCCC(=O)OCC(COC1OC(C(=O)O)C(O)C(O)C1O)OC(=O)CCCCCCCCCCCCCCCCCCC. The number of aliphatic hydroxyl groups excluding tert-OH is 3. The fourth-order valence-corrected chi connectivity index (χ4v) is 8.05. The lowest BCUT2D eigenvalue weighted by Gasteiger charge is -2.38. The summed E-state index contributed by atoms with van der Waals surface area (Å²) in [5.41, 5.74) is 0. The van der Waals surface area contributed by atoms with Gasteiger partial charge in [-0.1, -0.05) is 206 Å². The Kier molecular flexibility index (Phi) is 38.9. The Morgan fingerprint density at radius 3 is 1.26 bits per heavy atom. The fourth-order valence-electron chi connectivity index (χ4n) is 8.05. The molecule has 62 heavy (non-hydrogen) atoms. The third-order valence-electron chi connectivity index (χ3n) is 12.1. The smallest absolute Gasteiger partial charge is 0.335 e. The lowest BCUT2D eigenvalue weighted by Crippen LogP contribution is -2.60. The van der Waals surface area contributed by atoms with E-state index < -0.39 is 54.7 Å². The third kappa shape index (κ3) is 32.6. The normalized spacial score (nSPS) is 19.5. The number of hydrogen-bond donors (Lipinski definition) is 4. The van der Waals surface area contributed by atoms with Gasteiger partial charge in [-0.3, -0.25) is 9.59 Å². The van der Waals surface area contributed by atoms with Gasteiger partial charge in [0.2, 0.25) is 0 Å². The van der Waals surface area contributed by atoms with Crippen LogP contribution in [-0.2, 0) is 33.3 Å². The third-order valence-corrected chi connectivity index (χ3v) is 12.1. The van der Waals surface area contributed by atoms with Crippen molar-refractivity contribution in [1.82, 2.24) is 0 Å². The number of aliphatic hydroxyl groups is 3. The van der Waals surface area contributed by atoms with Crippen LogP contribution < -0.4 is 0 Å². The van der Waals surface area contributed by atoms with Gasteiger partial charge >= 0.3 is 17.9 Å². The minimum Gasteiger partial charge on any atom is -0.479 e. The Balaban J connectivity index is 2.29. The number of ether oxygens (including phenoxy) is 4. The van der Waals surface area contributed by atoms with Crippen LogP contribution in [0.25, 0.3) is 0 Å². The van der Waals surface area contributed by atoms with Crippen LogP contribution in [-0.4, -0.2) is 88.4 Å². The summed E-state index contributed by atoms with van der Waals surface area (Å²) in [5.74, 6) is -2.43. The molecule has 11 nitrogen and oxygen atoms in total. The van der Waals surface area contributed by atoms with E-state index in [9.17, 15) is 34.8 Å². The van der Waals surface area contributed by atoms with Gasteiger partial charge in [0, 0.05) is 12.8 Å². The first-order valence-electron chi connectivity index (χ1n) is 25.7. The molecule has 1 heterocycles. The van der Waals surface area contributed by atoms with Gasteiger partial charge in [0.15, 0.2) is 18.5 Å². The topological polar surface area (TPSA) is 169 Å². The molecule has 0 amide bonds. The van der Waals surface area contributed by atoms with Gasteiger partial charge in [0.05, 0.1) is 6.61 Å². The molecule has 4 N–H and O–H groups in total. The maximum atomic E-state index is 12.8. The largest absolute Gasteiger partial charge is 0.479 e. The molecule has 6 atom stereocenters. The van der Waals surface area contributed by atoms with Gasteiger partial charge in [-0.25, -0.2) is 4.79 Å². The molecule has 0 aromatic heterocycles. The van der Waals surface area contributed by atoms with Crippen LogP contribution >= 0.6 is 0 Å². The van der Waals surface area contributed by atoms with Crippen LogP contribution in [0.4, 0.5) is 0 Å². The quantitative estimate of drug-likeness (QED) is 0.0261. The van der Waals surface area contributed by atoms with Gasteiger partial charge in [-0.15, -0.1) is 0 Å². The summed E-state index contributed by atoms with van der Waals surface area (Å²) in [4.78, 5) is 37.0. The van der Waals surface area contributed by atoms with E-state index in [1.807, 2.05) is 0 Å². The van der Waals surface area contributed by atoms with Gasteiger partial charge in [-0.2, -0.15) is 0 Å². The van der Waals surface area contributed by atoms with E-state index in [0.717, 1.165) is 38.5 Å². The number of carboxylic acids is 1. The van der Waals surface area contributed by atoms with Crippen LogP contribution in [0.5, 0.6) is 0 Å². The molecule has 364 valence electrons. The minimum absolute atomic E-state index is 0.189. The molecule has 11 heteroatoms. The highest BCUT2D eigenvalue weighted by Crippen LogP contribution is 2.23. The molecular weight excluding hydrogens is 789 g/mol. The summed E-state index contributed by atoms with van der Waals surface area (Å²) in [6.07, 6.45) is 36.9. The number of aliphatic carboxylic acids is 1. The first kappa shape index (κ1) is 58.0. The molecule has 1 fully saturated rings. The van der Waals surface area contributed by atoms with E-state index in [0.29, 0.717) is 12.8 Å². The number of esters is 2. The number of carboxylic acid groups (broad SMARTS) is 1. The number of hydrogen-bond acceptors (Lipinski definition) is 10. The number of carbonyl (C=O) groups is 3. The predicted molar refractivity (Wildman–Crippen MR) is 248 cm³/mol. The van der Waals surface area contributed by atoms with Crippen molar-refractivity contribution in [2.75, 3.05) is 13.2 Å². The summed E-state index contributed by atoms with van der Waals surface area (Å²) >= 11 is 0. The first-order chi connectivity index (χ1) is 30.2. The average Bonchev–Trinajstić information content (AvgIpc) is 3.26. The van der Waals surface area contributed by atoms with Crippen molar-refractivity contribution >= 4 is 17.9 Å². The summed E-state index contributed by atoms with van der Waals surface area (Å²) in [6, 6.07) is 0. The predicted octanol–water partition coefficient (Wildman–Crippen LogP) is 12.0. The van der Waals surface area contributed by atoms with Gasteiger partial charge in [0.25, 0.3) is 0 Å². The summed E-state index contributed by atoms with van der Waals surface area (Å²) in [6.45, 7) is 3.85. The van der Waals surface area contributed by atoms with E-state index in [1.54, 1.807) is 0 Å². The van der Waals surface area contributed by atoms with Crippen LogP contribution in [0.2, 0.25) is 0 Å². The zero-order valence-corrected chi connectivity index (χ0v) is 39.6.